The third kappa shape index (κ3) is 2.72. The van der Waals surface area contributed by atoms with E-state index in [1.807, 2.05) is 25.5 Å². The molecule has 0 saturated heterocycles. The van der Waals surface area contributed by atoms with Crippen molar-refractivity contribution in [3.8, 4) is 0 Å². The van der Waals surface area contributed by atoms with Gasteiger partial charge in [-0.05, 0) is 18.1 Å². The number of nitrogens with zero attached hydrogens (tertiary/aromatic N) is 2. The molecule has 0 aliphatic carbocycles. The fourth-order valence-corrected chi connectivity index (χ4v) is 2.81. The quantitative estimate of drug-likeness (QED) is 0.838. The van der Waals surface area contributed by atoms with E-state index in [0.717, 1.165) is 16.8 Å². The Morgan fingerprint density at radius 2 is 1.78 bits per heavy atom. The van der Waals surface area contributed by atoms with Crippen LogP contribution in [0.15, 0.2) is 34.4 Å². The van der Waals surface area contributed by atoms with Gasteiger partial charge in [-0.25, -0.2) is 13.8 Å². The lowest BCUT2D eigenvalue weighted by Gasteiger charge is -2.08. The Morgan fingerprint density at radius 3 is 2.33 bits per heavy atom. The fourth-order valence-electron chi connectivity index (χ4n) is 1.66. The topological polar surface area (TPSA) is 17.8 Å². The van der Waals surface area contributed by atoms with Gasteiger partial charge >= 0.3 is 0 Å². The van der Waals surface area contributed by atoms with Crippen molar-refractivity contribution in [3.63, 3.8) is 0 Å². The highest BCUT2D eigenvalue weighted by molar-refractivity contribution is 7.99. The van der Waals surface area contributed by atoms with Crippen LogP contribution in [0.3, 0.4) is 0 Å². The van der Waals surface area contributed by atoms with E-state index in [0.29, 0.717) is 4.90 Å². The van der Waals surface area contributed by atoms with E-state index in [2.05, 4.69) is 4.98 Å². The second kappa shape index (κ2) is 5.10. The molecule has 5 heteroatoms. The standard InChI is InChI=1S/C13H14F2N2S/c1-8(2)12-13(17(3)7-16-12)18-11-5-9(14)4-10(15)6-11/h4-8H,1-3H3. The van der Waals surface area contributed by atoms with Gasteiger partial charge in [0, 0.05) is 18.0 Å². The first-order chi connectivity index (χ1) is 8.47. The number of aryl methyl sites for hydroxylation is 1. The van der Waals surface area contributed by atoms with Crippen LogP contribution < -0.4 is 0 Å². The van der Waals surface area contributed by atoms with E-state index < -0.39 is 11.6 Å². The molecule has 2 aromatic rings. The Hall–Kier alpha value is -1.36. The van der Waals surface area contributed by atoms with Gasteiger partial charge < -0.3 is 4.57 Å². The summed E-state index contributed by atoms with van der Waals surface area (Å²) in [6.07, 6.45) is 1.72. The Labute approximate surface area is 109 Å². The Morgan fingerprint density at radius 1 is 1.17 bits per heavy atom. The van der Waals surface area contributed by atoms with Crippen molar-refractivity contribution in [1.82, 2.24) is 9.55 Å². The van der Waals surface area contributed by atoms with E-state index in [1.54, 1.807) is 6.33 Å². The highest BCUT2D eigenvalue weighted by Crippen LogP contribution is 2.33. The SMILES string of the molecule is CC(C)c1ncn(C)c1Sc1cc(F)cc(F)c1. The van der Waals surface area contributed by atoms with Crippen LogP contribution in [0, 0.1) is 11.6 Å². The van der Waals surface area contributed by atoms with Gasteiger partial charge in [-0.15, -0.1) is 0 Å². The summed E-state index contributed by atoms with van der Waals surface area (Å²) in [5.74, 6) is -0.858. The van der Waals surface area contributed by atoms with Crippen molar-refractivity contribution in [2.75, 3.05) is 0 Å². The molecular formula is C13H14F2N2S. The zero-order chi connectivity index (χ0) is 13.3. The lowest BCUT2D eigenvalue weighted by atomic mass is 10.2. The van der Waals surface area contributed by atoms with Gasteiger partial charge in [-0.2, -0.15) is 0 Å². The first kappa shape index (κ1) is 13.1. The van der Waals surface area contributed by atoms with Crippen LogP contribution in [0.2, 0.25) is 0 Å². The second-order valence-corrected chi connectivity index (χ2v) is 5.47. The number of rotatable bonds is 3. The maximum absolute atomic E-state index is 13.1. The molecule has 18 heavy (non-hydrogen) atoms. The molecule has 0 N–H and O–H groups in total. The molecule has 96 valence electrons. The maximum atomic E-state index is 13.1. The van der Waals surface area contributed by atoms with Crippen LogP contribution in [-0.2, 0) is 7.05 Å². The molecule has 0 aliphatic rings. The first-order valence-corrected chi connectivity index (χ1v) is 6.44. The maximum Gasteiger partial charge on any atom is 0.127 e. The smallest absolute Gasteiger partial charge is 0.127 e. The lowest BCUT2D eigenvalue weighted by Crippen LogP contribution is -1.94. The van der Waals surface area contributed by atoms with Gasteiger partial charge in [0.2, 0.25) is 0 Å². The van der Waals surface area contributed by atoms with Crippen molar-refractivity contribution in [2.45, 2.75) is 29.7 Å². The summed E-state index contributed by atoms with van der Waals surface area (Å²) >= 11 is 1.32. The van der Waals surface area contributed by atoms with Gasteiger partial charge in [0.05, 0.1) is 12.0 Å². The Kier molecular flexibility index (Phi) is 3.71. The molecule has 0 spiro atoms. The van der Waals surface area contributed by atoms with Gasteiger partial charge in [0.25, 0.3) is 0 Å². The zero-order valence-corrected chi connectivity index (χ0v) is 11.3. The van der Waals surface area contributed by atoms with Crippen molar-refractivity contribution >= 4 is 11.8 Å². The molecule has 2 rings (SSSR count). The molecule has 0 unspecified atom stereocenters. The van der Waals surface area contributed by atoms with Gasteiger partial charge in [-0.3, -0.25) is 0 Å². The molecule has 1 heterocycles. The number of aromatic nitrogens is 2. The average molecular weight is 268 g/mol. The molecule has 2 nitrogen and oxygen atoms in total. The molecule has 0 bridgehead atoms. The van der Waals surface area contributed by atoms with Crippen LogP contribution in [0.5, 0.6) is 0 Å². The van der Waals surface area contributed by atoms with Crippen molar-refractivity contribution in [3.05, 3.63) is 41.9 Å². The summed E-state index contributed by atoms with van der Waals surface area (Å²) in [6, 6.07) is 3.52. The van der Waals surface area contributed by atoms with E-state index in [4.69, 9.17) is 0 Å². The normalized spacial score (nSPS) is 11.2. The minimum Gasteiger partial charge on any atom is -0.328 e. The number of hydrogen-bond donors (Lipinski definition) is 0. The fraction of sp³-hybridized carbons (Fsp3) is 0.308. The summed E-state index contributed by atoms with van der Waals surface area (Å²) < 4.78 is 28.1. The summed E-state index contributed by atoms with van der Waals surface area (Å²) in [7, 11) is 1.87. The minimum absolute atomic E-state index is 0.270. The Balaban J connectivity index is 2.36. The molecule has 0 fully saturated rings. The zero-order valence-electron chi connectivity index (χ0n) is 10.4. The minimum atomic E-state index is -0.564. The summed E-state index contributed by atoms with van der Waals surface area (Å²) in [4.78, 5) is 4.85. The van der Waals surface area contributed by atoms with Crippen LogP contribution in [0.25, 0.3) is 0 Å². The average Bonchev–Trinajstić information content (AvgIpc) is 2.59. The first-order valence-electron chi connectivity index (χ1n) is 5.62. The third-order valence-corrected chi connectivity index (χ3v) is 3.67. The summed E-state index contributed by atoms with van der Waals surface area (Å²) in [6.45, 7) is 4.08. The van der Waals surface area contributed by atoms with Crippen molar-refractivity contribution < 1.29 is 8.78 Å². The molecule has 1 aromatic carbocycles. The number of benzene rings is 1. The number of halogens is 2. The van der Waals surface area contributed by atoms with E-state index in [9.17, 15) is 8.78 Å². The molecule has 1 aromatic heterocycles. The predicted octanol–water partition coefficient (Wildman–Crippen LogP) is 3.97. The van der Waals surface area contributed by atoms with Gasteiger partial charge in [-0.1, -0.05) is 25.6 Å². The largest absolute Gasteiger partial charge is 0.328 e. The molecule has 0 saturated carbocycles. The molecule has 0 atom stereocenters. The van der Waals surface area contributed by atoms with Crippen LogP contribution in [0.4, 0.5) is 8.78 Å². The van der Waals surface area contributed by atoms with Crippen LogP contribution in [-0.4, -0.2) is 9.55 Å². The Bertz CT molecular complexity index is 544. The van der Waals surface area contributed by atoms with Crippen LogP contribution >= 0.6 is 11.8 Å². The van der Waals surface area contributed by atoms with Gasteiger partial charge in [0.1, 0.15) is 16.7 Å². The highest BCUT2D eigenvalue weighted by atomic mass is 32.2. The predicted molar refractivity (Wildman–Crippen MR) is 67.8 cm³/mol. The molecule has 0 amide bonds. The van der Waals surface area contributed by atoms with Gasteiger partial charge in [0.15, 0.2) is 0 Å². The highest BCUT2D eigenvalue weighted by Gasteiger charge is 2.14. The molecule has 0 radical (unpaired) electrons. The molecular weight excluding hydrogens is 254 g/mol. The van der Waals surface area contributed by atoms with E-state index in [-0.39, 0.29) is 5.92 Å². The lowest BCUT2D eigenvalue weighted by molar-refractivity contribution is 0.577. The van der Waals surface area contributed by atoms with Crippen LogP contribution in [0.1, 0.15) is 25.5 Å². The second-order valence-electron chi connectivity index (χ2n) is 4.41. The number of hydrogen-bond acceptors (Lipinski definition) is 2. The number of imidazole rings is 1. The van der Waals surface area contributed by atoms with Crippen molar-refractivity contribution in [2.24, 2.45) is 7.05 Å². The van der Waals surface area contributed by atoms with E-state index >= 15 is 0 Å². The third-order valence-electron chi connectivity index (χ3n) is 2.51. The van der Waals surface area contributed by atoms with E-state index in [1.165, 1.54) is 23.9 Å². The summed E-state index contributed by atoms with van der Waals surface area (Å²) in [5, 5.41) is 0.912. The molecule has 0 aliphatic heterocycles. The monoisotopic (exact) mass is 268 g/mol. The summed E-state index contributed by atoms with van der Waals surface area (Å²) in [5.41, 5.74) is 0.937. The van der Waals surface area contributed by atoms with Crippen molar-refractivity contribution in [1.29, 1.82) is 0 Å².